The maximum absolute atomic E-state index is 13.4. The molecule has 0 spiro atoms. The largest absolute Gasteiger partial charge is 0.507 e. The van der Waals surface area contributed by atoms with Crippen molar-refractivity contribution in [3.8, 4) is 17.2 Å². The summed E-state index contributed by atoms with van der Waals surface area (Å²) in [6.07, 6.45) is -0.274. The molecule has 0 saturated heterocycles. The molecule has 3 rings (SSSR count). The highest BCUT2D eigenvalue weighted by Crippen LogP contribution is 2.36. The van der Waals surface area contributed by atoms with Gasteiger partial charge in [0.2, 0.25) is 5.91 Å². The molecule has 1 aromatic heterocycles. The van der Waals surface area contributed by atoms with Gasteiger partial charge in [0.15, 0.2) is 11.5 Å². The van der Waals surface area contributed by atoms with E-state index in [0.29, 0.717) is 5.56 Å². The summed E-state index contributed by atoms with van der Waals surface area (Å²) in [6, 6.07) is 11.0. The molecule has 0 unspecified atom stereocenters. The molecular formula is C22H20FNO6. The summed E-state index contributed by atoms with van der Waals surface area (Å²) >= 11 is 0. The van der Waals surface area contributed by atoms with Crippen molar-refractivity contribution >= 4 is 11.6 Å². The number of hydrogen-bond acceptors (Lipinski definition) is 6. The summed E-state index contributed by atoms with van der Waals surface area (Å²) < 4.78 is 23.5. The Labute approximate surface area is 171 Å². The number of phenols is 1. The first-order chi connectivity index (χ1) is 14.3. The van der Waals surface area contributed by atoms with E-state index in [1.165, 1.54) is 50.4 Å². The number of hydrogen-bond donors (Lipinski definition) is 3. The van der Waals surface area contributed by atoms with E-state index in [1.54, 1.807) is 6.07 Å². The summed E-state index contributed by atoms with van der Waals surface area (Å²) in [7, 11) is 1.39. The third kappa shape index (κ3) is 4.60. The van der Waals surface area contributed by atoms with Gasteiger partial charge in [-0.1, -0.05) is 12.1 Å². The second kappa shape index (κ2) is 8.69. The van der Waals surface area contributed by atoms with Gasteiger partial charge in [0, 0.05) is 24.1 Å². The van der Waals surface area contributed by atoms with Gasteiger partial charge in [-0.25, -0.2) is 9.18 Å². The van der Waals surface area contributed by atoms with Gasteiger partial charge in [0.1, 0.15) is 17.3 Å². The first kappa shape index (κ1) is 20.9. The molecule has 1 heterocycles. The van der Waals surface area contributed by atoms with Crippen molar-refractivity contribution in [3.63, 3.8) is 0 Å². The average molecular weight is 413 g/mol. The summed E-state index contributed by atoms with van der Waals surface area (Å²) in [5.74, 6) is -2.08. The minimum absolute atomic E-state index is 0.125. The number of aryl methyl sites for hydroxylation is 1. The highest BCUT2D eigenvalue weighted by atomic mass is 19.1. The zero-order valence-electron chi connectivity index (χ0n) is 16.3. The molecular weight excluding hydrogens is 393 g/mol. The maximum atomic E-state index is 13.4. The van der Waals surface area contributed by atoms with Crippen LogP contribution in [0.3, 0.4) is 0 Å². The molecule has 0 aliphatic carbocycles. The highest BCUT2D eigenvalue weighted by molar-refractivity contribution is 5.91. The molecule has 3 aromatic rings. The van der Waals surface area contributed by atoms with Gasteiger partial charge < -0.3 is 24.7 Å². The van der Waals surface area contributed by atoms with E-state index in [4.69, 9.17) is 9.15 Å². The van der Waals surface area contributed by atoms with Crippen LogP contribution in [0, 0.1) is 12.7 Å². The smallest absolute Gasteiger partial charge is 0.343 e. The molecule has 0 saturated carbocycles. The summed E-state index contributed by atoms with van der Waals surface area (Å²) in [4.78, 5) is 25.1. The summed E-state index contributed by atoms with van der Waals surface area (Å²) in [6.45, 7) is 1.51. The minimum atomic E-state index is -0.938. The lowest BCUT2D eigenvalue weighted by Crippen LogP contribution is -2.21. The van der Waals surface area contributed by atoms with Gasteiger partial charge >= 0.3 is 5.63 Å². The lowest BCUT2D eigenvalue weighted by Gasteiger charge is -2.19. The summed E-state index contributed by atoms with van der Waals surface area (Å²) in [5, 5.41) is 23.1. The van der Waals surface area contributed by atoms with E-state index in [0.717, 1.165) is 6.07 Å². The Bertz CT molecular complexity index is 1140. The minimum Gasteiger partial charge on any atom is -0.507 e. The number of ether oxygens (including phenoxy) is 1. The van der Waals surface area contributed by atoms with Crippen molar-refractivity contribution in [1.29, 1.82) is 0 Å². The van der Waals surface area contributed by atoms with E-state index >= 15 is 0 Å². The second-order valence-corrected chi connectivity index (χ2v) is 6.69. The molecule has 0 aliphatic heterocycles. The molecule has 30 heavy (non-hydrogen) atoms. The normalized spacial score (nSPS) is 11.7. The molecule has 0 bridgehead atoms. The van der Waals surface area contributed by atoms with Crippen LogP contribution >= 0.6 is 0 Å². The van der Waals surface area contributed by atoms with E-state index in [-0.39, 0.29) is 40.7 Å². The Morgan fingerprint density at radius 1 is 1.17 bits per heavy atom. The number of carbonyl (C=O) groups is 1. The number of phenolic OH excluding ortho intramolecular Hbond substituents is 1. The molecule has 0 aliphatic rings. The number of nitrogens with one attached hydrogen (secondary N) is 1. The predicted octanol–water partition coefficient (Wildman–Crippen LogP) is 3.67. The van der Waals surface area contributed by atoms with Crippen LogP contribution in [0.5, 0.6) is 17.2 Å². The number of carbonyl (C=O) groups excluding carboxylic acids is 1. The van der Waals surface area contributed by atoms with Crippen LogP contribution in [0.25, 0.3) is 0 Å². The van der Waals surface area contributed by atoms with E-state index < -0.39 is 23.3 Å². The third-order valence-electron chi connectivity index (χ3n) is 4.54. The lowest BCUT2D eigenvalue weighted by atomic mass is 9.88. The van der Waals surface area contributed by atoms with E-state index in [2.05, 4.69) is 5.32 Å². The Morgan fingerprint density at radius 2 is 1.93 bits per heavy atom. The van der Waals surface area contributed by atoms with Gasteiger partial charge in [-0.2, -0.15) is 0 Å². The molecule has 156 valence electrons. The van der Waals surface area contributed by atoms with Gasteiger partial charge in [0.25, 0.3) is 0 Å². The number of anilines is 1. The average Bonchev–Trinajstić information content (AvgIpc) is 2.66. The Morgan fingerprint density at radius 3 is 2.57 bits per heavy atom. The number of amides is 1. The van der Waals surface area contributed by atoms with Crippen LogP contribution in [0.1, 0.15) is 29.2 Å². The summed E-state index contributed by atoms with van der Waals surface area (Å²) in [5.41, 5.74) is -0.295. The molecule has 7 nitrogen and oxygen atoms in total. The van der Waals surface area contributed by atoms with Crippen molar-refractivity contribution in [3.05, 3.63) is 81.7 Å². The number of rotatable bonds is 6. The van der Waals surface area contributed by atoms with Crippen molar-refractivity contribution in [2.45, 2.75) is 19.3 Å². The quantitative estimate of drug-likeness (QED) is 0.569. The maximum Gasteiger partial charge on any atom is 0.343 e. The Kier molecular flexibility index (Phi) is 6.06. The van der Waals surface area contributed by atoms with Crippen LogP contribution < -0.4 is 15.7 Å². The molecule has 3 N–H and O–H groups in total. The molecule has 0 fully saturated rings. The molecule has 0 radical (unpaired) electrons. The monoisotopic (exact) mass is 413 g/mol. The standard InChI is InChI=1S/C22H20FNO6/c1-12-8-18(26)21(22(28)30-12)16(13-6-7-19(29-2)17(25)9-13)11-20(27)24-15-5-3-4-14(23)10-15/h3-10,16,25-26H,11H2,1-2H3,(H,24,27)/t16-/m1/s1. The highest BCUT2D eigenvalue weighted by Gasteiger charge is 2.26. The first-order valence-electron chi connectivity index (χ1n) is 9.04. The van der Waals surface area contributed by atoms with Crippen molar-refractivity contribution in [2.75, 3.05) is 12.4 Å². The van der Waals surface area contributed by atoms with Gasteiger partial charge in [-0.05, 0) is 42.8 Å². The van der Waals surface area contributed by atoms with Crippen LogP contribution in [0.4, 0.5) is 10.1 Å². The third-order valence-corrected chi connectivity index (χ3v) is 4.54. The van der Waals surface area contributed by atoms with Crippen molar-refractivity contribution < 1.29 is 28.6 Å². The van der Waals surface area contributed by atoms with E-state index in [1.807, 2.05) is 0 Å². The molecule has 1 amide bonds. The van der Waals surface area contributed by atoms with Crippen LogP contribution in [-0.4, -0.2) is 23.2 Å². The number of halogens is 1. The number of aromatic hydroxyl groups is 2. The van der Waals surface area contributed by atoms with Crippen molar-refractivity contribution in [1.82, 2.24) is 0 Å². The number of methoxy groups -OCH3 is 1. The predicted molar refractivity (Wildman–Crippen MR) is 108 cm³/mol. The van der Waals surface area contributed by atoms with Gasteiger partial charge in [0.05, 0.1) is 12.7 Å². The van der Waals surface area contributed by atoms with Gasteiger partial charge in [-0.15, -0.1) is 0 Å². The van der Waals surface area contributed by atoms with Crippen LogP contribution in [0.2, 0.25) is 0 Å². The van der Waals surface area contributed by atoms with Crippen LogP contribution in [-0.2, 0) is 4.79 Å². The zero-order chi connectivity index (χ0) is 21.8. The molecule has 8 heteroatoms. The fraction of sp³-hybridized carbons (Fsp3) is 0.182. The number of benzene rings is 2. The fourth-order valence-corrected chi connectivity index (χ4v) is 3.20. The van der Waals surface area contributed by atoms with Gasteiger partial charge in [-0.3, -0.25) is 4.79 Å². The van der Waals surface area contributed by atoms with E-state index in [9.17, 15) is 24.2 Å². The van der Waals surface area contributed by atoms with Crippen molar-refractivity contribution in [2.24, 2.45) is 0 Å². The lowest BCUT2D eigenvalue weighted by molar-refractivity contribution is -0.116. The van der Waals surface area contributed by atoms with Crippen LogP contribution in [0.15, 0.2) is 57.7 Å². The molecule has 2 aromatic carbocycles. The Balaban J connectivity index is 2.01. The Hall–Kier alpha value is -3.81. The fourth-order valence-electron chi connectivity index (χ4n) is 3.20. The molecule has 1 atom stereocenters. The topological polar surface area (TPSA) is 109 Å². The second-order valence-electron chi connectivity index (χ2n) is 6.69. The SMILES string of the molecule is COc1ccc([C@@H](CC(=O)Nc2cccc(F)c2)c2c(O)cc(C)oc2=O)cc1O. The zero-order valence-corrected chi connectivity index (χ0v) is 16.3. The first-order valence-corrected chi connectivity index (χ1v) is 9.04.